The van der Waals surface area contributed by atoms with E-state index in [4.69, 9.17) is 19.8 Å². The van der Waals surface area contributed by atoms with Gasteiger partial charge in [0.1, 0.15) is 12.6 Å². The van der Waals surface area contributed by atoms with Crippen molar-refractivity contribution in [2.45, 2.75) is 19.6 Å². The second kappa shape index (κ2) is 10.0. The first-order chi connectivity index (χ1) is 19.0. The van der Waals surface area contributed by atoms with Gasteiger partial charge in [0.25, 0.3) is 0 Å². The van der Waals surface area contributed by atoms with Gasteiger partial charge in [0.15, 0.2) is 11.5 Å². The lowest BCUT2D eigenvalue weighted by Crippen LogP contribution is -2.44. The molecule has 1 atom stereocenters. The first-order valence-electron chi connectivity index (χ1n) is 12.6. The first-order valence-corrected chi connectivity index (χ1v) is 12.6. The standard InChI is InChI=1S/C27H27N9O3/c1-17-7-6-10-20-22(17)31-26(36-24(20)32-23(33-36)19-13-29-34(2)14-19)30-21-15-35(12-11-28-25(21)37)27(38)39-16-18-8-4-3-5-9-18/h3-10,13-14,21H,11-12,15-16H2,1-2H3,(H,28,37)(H,30,31)/t21-/m1/s1. The highest BCUT2D eigenvalue weighted by Crippen LogP contribution is 2.26. The van der Waals surface area contributed by atoms with E-state index in [-0.39, 0.29) is 19.1 Å². The molecule has 0 spiro atoms. The largest absolute Gasteiger partial charge is 0.445 e. The molecular formula is C27H27N9O3. The third-order valence-electron chi connectivity index (χ3n) is 6.63. The van der Waals surface area contributed by atoms with Crippen LogP contribution < -0.4 is 10.6 Å². The molecular weight excluding hydrogens is 498 g/mol. The Morgan fingerprint density at radius 1 is 1.15 bits per heavy atom. The molecule has 0 unspecified atom stereocenters. The lowest BCUT2D eigenvalue weighted by molar-refractivity contribution is -0.121. The third kappa shape index (κ3) is 4.83. The number of amides is 2. The topological polar surface area (TPSA) is 132 Å². The SMILES string of the molecule is Cc1cccc2c1nc(N[C@@H]1CN(C(=O)OCc3ccccc3)CCNC1=O)n1nc(-c3cnn(C)c3)nc21. The molecule has 2 aromatic carbocycles. The molecule has 1 aliphatic heterocycles. The van der Waals surface area contributed by atoms with Gasteiger partial charge in [-0.25, -0.2) is 14.8 Å². The Balaban J connectivity index is 1.32. The summed E-state index contributed by atoms with van der Waals surface area (Å²) in [7, 11) is 1.83. The van der Waals surface area contributed by atoms with Gasteiger partial charge in [0.2, 0.25) is 11.9 Å². The average Bonchev–Trinajstić information content (AvgIpc) is 3.54. The fourth-order valence-corrected chi connectivity index (χ4v) is 4.60. The molecule has 12 nitrogen and oxygen atoms in total. The van der Waals surface area contributed by atoms with Crippen LogP contribution in [-0.4, -0.2) is 71.9 Å². The number of hydrogen-bond donors (Lipinski definition) is 2. The van der Waals surface area contributed by atoms with Crippen LogP contribution in [0.4, 0.5) is 10.7 Å². The van der Waals surface area contributed by atoms with Gasteiger partial charge in [-0.1, -0.05) is 42.5 Å². The quantitative estimate of drug-likeness (QED) is 0.358. The van der Waals surface area contributed by atoms with E-state index in [1.54, 1.807) is 15.4 Å². The van der Waals surface area contributed by atoms with Gasteiger partial charge >= 0.3 is 6.09 Å². The minimum Gasteiger partial charge on any atom is -0.445 e. The molecule has 0 bridgehead atoms. The molecule has 5 aromatic rings. The maximum Gasteiger partial charge on any atom is 0.410 e. The van der Waals surface area contributed by atoms with Gasteiger partial charge in [-0.3, -0.25) is 9.48 Å². The number of benzene rings is 2. The molecule has 2 N–H and O–H groups in total. The van der Waals surface area contributed by atoms with Crippen molar-refractivity contribution in [1.82, 2.24) is 39.6 Å². The number of hydrogen-bond acceptors (Lipinski definition) is 8. The number of para-hydroxylation sites is 1. The summed E-state index contributed by atoms with van der Waals surface area (Å²) in [6, 6.07) is 14.5. The summed E-state index contributed by atoms with van der Waals surface area (Å²) in [5, 5.41) is 15.9. The molecule has 0 radical (unpaired) electrons. The number of carbonyl (C=O) groups excluding carboxylic acids is 2. The third-order valence-corrected chi connectivity index (χ3v) is 6.63. The summed E-state index contributed by atoms with van der Waals surface area (Å²) >= 11 is 0. The van der Waals surface area contributed by atoms with Crippen LogP contribution >= 0.6 is 0 Å². The van der Waals surface area contributed by atoms with Crippen LogP contribution in [0.1, 0.15) is 11.1 Å². The van der Waals surface area contributed by atoms with E-state index in [1.165, 1.54) is 4.90 Å². The minimum absolute atomic E-state index is 0.0958. The Labute approximate surface area is 223 Å². The molecule has 3 aromatic heterocycles. The lowest BCUT2D eigenvalue weighted by Gasteiger charge is -2.23. The number of fused-ring (bicyclic) bond motifs is 3. The van der Waals surface area contributed by atoms with E-state index in [0.717, 1.165) is 27.6 Å². The number of anilines is 1. The number of aromatic nitrogens is 6. The number of rotatable bonds is 5. The van der Waals surface area contributed by atoms with E-state index < -0.39 is 12.1 Å². The zero-order valence-electron chi connectivity index (χ0n) is 21.5. The van der Waals surface area contributed by atoms with E-state index in [1.807, 2.05) is 68.7 Å². The Morgan fingerprint density at radius 2 is 2.00 bits per heavy atom. The summed E-state index contributed by atoms with van der Waals surface area (Å²) in [6.07, 6.45) is 3.04. The van der Waals surface area contributed by atoms with Crippen LogP contribution in [-0.2, 0) is 23.2 Å². The zero-order valence-corrected chi connectivity index (χ0v) is 21.5. The Hall–Kier alpha value is -5.00. The fraction of sp³-hybridized carbons (Fsp3) is 0.259. The van der Waals surface area contributed by atoms with Crippen LogP contribution in [0.15, 0.2) is 60.9 Å². The van der Waals surface area contributed by atoms with E-state index in [2.05, 4.69) is 15.7 Å². The average molecular weight is 526 g/mol. The highest BCUT2D eigenvalue weighted by atomic mass is 16.6. The van der Waals surface area contributed by atoms with Crippen molar-refractivity contribution in [2.75, 3.05) is 25.0 Å². The molecule has 1 aliphatic rings. The van der Waals surface area contributed by atoms with Gasteiger partial charge in [0.05, 0.1) is 23.8 Å². The van der Waals surface area contributed by atoms with Gasteiger partial charge in [-0.15, -0.1) is 5.10 Å². The van der Waals surface area contributed by atoms with E-state index >= 15 is 0 Å². The lowest BCUT2D eigenvalue weighted by atomic mass is 10.1. The summed E-state index contributed by atoms with van der Waals surface area (Å²) in [6.45, 7) is 2.85. The second-order valence-electron chi connectivity index (χ2n) is 9.45. The molecule has 0 aliphatic carbocycles. The number of nitrogens with one attached hydrogen (secondary N) is 2. The van der Waals surface area contributed by atoms with Gasteiger partial charge < -0.3 is 20.3 Å². The molecule has 12 heteroatoms. The fourth-order valence-electron chi connectivity index (χ4n) is 4.60. The van der Waals surface area contributed by atoms with Crippen molar-refractivity contribution >= 4 is 34.5 Å². The molecule has 2 amide bonds. The highest BCUT2D eigenvalue weighted by Gasteiger charge is 2.30. The van der Waals surface area contributed by atoms with Crippen molar-refractivity contribution in [3.8, 4) is 11.4 Å². The minimum atomic E-state index is -0.792. The molecule has 4 heterocycles. The van der Waals surface area contributed by atoms with Crippen LogP contribution in [0.5, 0.6) is 0 Å². The summed E-state index contributed by atoms with van der Waals surface area (Å²) < 4.78 is 8.80. The number of aryl methyl sites for hydroxylation is 2. The first kappa shape index (κ1) is 24.3. The normalized spacial score (nSPS) is 15.8. The Kier molecular flexibility index (Phi) is 6.27. The maximum absolute atomic E-state index is 13.0. The van der Waals surface area contributed by atoms with Crippen LogP contribution in [0.3, 0.4) is 0 Å². The van der Waals surface area contributed by atoms with Crippen LogP contribution in [0, 0.1) is 6.92 Å². The summed E-state index contributed by atoms with van der Waals surface area (Å²) in [5.74, 6) is 0.577. The Morgan fingerprint density at radius 3 is 2.79 bits per heavy atom. The smallest absolute Gasteiger partial charge is 0.410 e. The molecule has 39 heavy (non-hydrogen) atoms. The predicted octanol–water partition coefficient (Wildman–Crippen LogP) is 2.54. The van der Waals surface area contributed by atoms with Gasteiger partial charge in [-0.05, 0) is 24.1 Å². The molecule has 0 saturated carbocycles. The van der Waals surface area contributed by atoms with Crippen molar-refractivity contribution in [3.05, 3.63) is 72.1 Å². The van der Waals surface area contributed by atoms with E-state index in [0.29, 0.717) is 30.5 Å². The number of carbonyl (C=O) groups is 2. The molecule has 1 fully saturated rings. The van der Waals surface area contributed by atoms with Crippen molar-refractivity contribution in [1.29, 1.82) is 0 Å². The van der Waals surface area contributed by atoms with Gasteiger partial charge in [-0.2, -0.15) is 9.61 Å². The van der Waals surface area contributed by atoms with Crippen molar-refractivity contribution in [3.63, 3.8) is 0 Å². The molecule has 6 rings (SSSR count). The van der Waals surface area contributed by atoms with Crippen LogP contribution in [0.25, 0.3) is 27.9 Å². The van der Waals surface area contributed by atoms with Crippen molar-refractivity contribution < 1.29 is 14.3 Å². The number of ether oxygens (including phenoxy) is 1. The Bertz CT molecular complexity index is 1680. The van der Waals surface area contributed by atoms with Crippen LogP contribution in [0.2, 0.25) is 0 Å². The molecule has 1 saturated heterocycles. The maximum atomic E-state index is 13.0. The summed E-state index contributed by atoms with van der Waals surface area (Å²) in [5.41, 5.74) is 3.94. The summed E-state index contributed by atoms with van der Waals surface area (Å²) in [4.78, 5) is 37.1. The molecule has 198 valence electrons. The van der Waals surface area contributed by atoms with Gasteiger partial charge in [0, 0.05) is 31.7 Å². The zero-order chi connectivity index (χ0) is 26.9. The number of nitrogens with zero attached hydrogens (tertiary/aromatic N) is 7. The van der Waals surface area contributed by atoms with Crippen molar-refractivity contribution in [2.24, 2.45) is 7.05 Å². The highest BCUT2D eigenvalue weighted by molar-refractivity contribution is 5.95. The van der Waals surface area contributed by atoms with E-state index in [9.17, 15) is 9.59 Å². The monoisotopic (exact) mass is 525 g/mol. The predicted molar refractivity (Wildman–Crippen MR) is 144 cm³/mol. The second-order valence-corrected chi connectivity index (χ2v) is 9.45.